The molecule has 0 fully saturated rings. The van der Waals surface area contributed by atoms with Crippen LogP contribution in [0, 0.1) is 6.92 Å². The van der Waals surface area contributed by atoms with Crippen molar-refractivity contribution in [1.82, 2.24) is 15.0 Å². The molecule has 0 aromatic carbocycles. The van der Waals surface area contributed by atoms with E-state index < -0.39 is 0 Å². The number of rotatable bonds is 4. The van der Waals surface area contributed by atoms with Gasteiger partial charge in [-0.3, -0.25) is 4.98 Å². The maximum absolute atomic E-state index is 4.14. The van der Waals surface area contributed by atoms with Gasteiger partial charge in [-0.1, -0.05) is 0 Å². The fraction of sp³-hybridized carbons (Fsp3) is 0.273. The van der Waals surface area contributed by atoms with E-state index in [0.29, 0.717) is 0 Å². The van der Waals surface area contributed by atoms with E-state index in [-0.39, 0.29) is 0 Å². The quantitative estimate of drug-likeness (QED) is 0.794. The van der Waals surface area contributed by atoms with Crippen molar-refractivity contribution in [1.29, 1.82) is 0 Å². The third-order valence-corrected chi connectivity index (χ3v) is 2.17. The molecule has 0 aliphatic rings. The molecule has 0 saturated carbocycles. The molecule has 2 aromatic rings. The summed E-state index contributed by atoms with van der Waals surface area (Å²) in [6.07, 6.45) is 6.31. The van der Waals surface area contributed by atoms with E-state index in [2.05, 4.69) is 20.3 Å². The highest BCUT2D eigenvalue weighted by molar-refractivity contribution is 5.42. The number of aryl methyl sites for hydroxylation is 1. The molecule has 2 heterocycles. The van der Waals surface area contributed by atoms with Crippen LogP contribution >= 0.6 is 0 Å². The van der Waals surface area contributed by atoms with Gasteiger partial charge in [-0.05, 0) is 19.1 Å². The molecule has 4 heteroatoms. The average molecular weight is 202 g/mol. The van der Waals surface area contributed by atoms with Crippen LogP contribution in [0.5, 0.6) is 0 Å². The van der Waals surface area contributed by atoms with Crippen LogP contribution in [0.4, 0.5) is 5.69 Å². The fourth-order valence-corrected chi connectivity index (χ4v) is 1.42. The second-order valence-electron chi connectivity index (χ2n) is 3.44. The molecule has 15 heavy (non-hydrogen) atoms. The van der Waals surface area contributed by atoms with Crippen molar-refractivity contribution in [3.05, 3.63) is 42.2 Å². The lowest BCUT2D eigenvalue weighted by molar-refractivity contribution is 0.975. The van der Waals surface area contributed by atoms with Gasteiger partial charge in [0.05, 0.1) is 6.33 Å². The summed E-state index contributed by atoms with van der Waals surface area (Å²) in [5, 5.41) is 3.34. The first-order valence-electron chi connectivity index (χ1n) is 4.98. The molecule has 2 rings (SSSR count). The topological polar surface area (TPSA) is 53.6 Å². The van der Waals surface area contributed by atoms with Gasteiger partial charge in [0, 0.05) is 42.4 Å². The number of hydrogen-bond acceptors (Lipinski definition) is 3. The maximum Gasteiger partial charge on any atom is 0.0921 e. The summed E-state index contributed by atoms with van der Waals surface area (Å²) in [6, 6.07) is 4.01. The molecule has 0 saturated heterocycles. The van der Waals surface area contributed by atoms with Crippen molar-refractivity contribution in [2.24, 2.45) is 0 Å². The van der Waals surface area contributed by atoms with Gasteiger partial charge in [0.2, 0.25) is 0 Å². The molecule has 2 aromatic heterocycles. The first-order chi connectivity index (χ1) is 7.34. The zero-order valence-corrected chi connectivity index (χ0v) is 8.70. The van der Waals surface area contributed by atoms with Crippen LogP contribution in [-0.4, -0.2) is 21.5 Å². The van der Waals surface area contributed by atoms with Gasteiger partial charge in [-0.2, -0.15) is 0 Å². The lowest BCUT2D eigenvalue weighted by atomic mass is 10.3. The zero-order valence-electron chi connectivity index (χ0n) is 8.70. The number of pyridine rings is 1. The molecule has 0 unspecified atom stereocenters. The van der Waals surface area contributed by atoms with Crippen LogP contribution in [0.2, 0.25) is 0 Å². The number of aromatic amines is 1. The van der Waals surface area contributed by atoms with E-state index in [1.807, 2.05) is 31.5 Å². The van der Waals surface area contributed by atoms with Gasteiger partial charge >= 0.3 is 0 Å². The van der Waals surface area contributed by atoms with Gasteiger partial charge in [0.25, 0.3) is 0 Å². The molecule has 0 amide bonds. The smallest absolute Gasteiger partial charge is 0.0921 e. The molecule has 4 nitrogen and oxygen atoms in total. The van der Waals surface area contributed by atoms with E-state index in [1.54, 1.807) is 6.33 Å². The lowest BCUT2D eigenvalue weighted by Gasteiger charge is -2.05. The monoisotopic (exact) mass is 202 g/mol. The van der Waals surface area contributed by atoms with Crippen LogP contribution < -0.4 is 5.32 Å². The second-order valence-corrected chi connectivity index (χ2v) is 3.44. The van der Waals surface area contributed by atoms with E-state index in [9.17, 15) is 0 Å². The number of anilines is 1. The van der Waals surface area contributed by atoms with Crippen LogP contribution in [0.15, 0.2) is 30.9 Å². The molecule has 78 valence electrons. The molecule has 0 radical (unpaired) electrons. The van der Waals surface area contributed by atoms with Crippen molar-refractivity contribution in [3.63, 3.8) is 0 Å². The van der Waals surface area contributed by atoms with Crippen LogP contribution in [0.3, 0.4) is 0 Å². The van der Waals surface area contributed by atoms with E-state index >= 15 is 0 Å². The van der Waals surface area contributed by atoms with Crippen molar-refractivity contribution >= 4 is 5.69 Å². The molecular formula is C11H14N4. The number of hydrogen-bond donors (Lipinski definition) is 2. The summed E-state index contributed by atoms with van der Waals surface area (Å²) in [4.78, 5) is 11.2. The molecule has 2 N–H and O–H groups in total. The summed E-state index contributed by atoms with van der Waals surface area (Å²) in [5.41, 5.74) is 3.29. The normalized spacial score (nSPS) is 10.2. The Morgan fingerprint density at radius 1 is 1.47 bits per heavy atom. The van der Waals surface area contributed by atoms with Crippen molar-refractivity contribution in [3.8, 4) is 0 Å². The number of H-pyrrole nitrogens is 1. The van der Waals surface area contributed by atoms with Gasteiger partial charge in [-0.15, -0.1) is 0 Å². The van der Waals surface area contributed by atoms with Gasteiger partial charge in [-0.25, -0.2) is 4.98 Å². The Morgan fingerprint density at radius 3 is 3.13 bits per heavy atom. The lowest BCUT2D eigenvalue weighted by Crippen LogP contribution is -2.05. The van der Waals surface area contributed by atoms with Crippen LogP contribution in [0.1, 0.15) is 11.4 Å². The third kappa shape index (κ3) is 2.80. The molecule has 0 aliphatic carbocycles. The third-order valence-electron chi connectivity index (χ3n) is 2.17. The summed E-state index contributed by atoms with van der Waals surface area (Å²) >= 11 is 0. The number of nitrogens with zero attached hydrogens (tertiary/aromatic N) is 2. The molecule has 0 atom stereocenters. The summed E-state index contributed by atoms with van der Waals surface area (Å²) in [7, 11) is 0. The largest absolute Gasteiger partial charge is 0.385 e. The number of imidazole rings is 1. The fourth-order valence-electron chi connectivity index (χ4n) is 1.42. The molecule has 0 spiro atoms. The standard InChI is InChI=1S/C11H14N4/c1-9-6-10(2-4-13-9)14-5-3-11-7-12-8-15-11/h2,4,6-8H,3,5H2,1H3,(H,12,15)(H,13,14). The van der Waals surface area contributed by atoms with Gasteiger partial charge < -0.3 is 10.3 Å². The summed E-state index contributed by atoms with van der Waals surface area (Å²) in [6.45, 7) is 2.88. The molecule has 0 bridgehead atoms. The average Bonchev–Trinajstić information content (AvgIpc) is 2.71. The van der Waals surface area contributed by atoms with Gasteiger partial charge in [0.15, 0.2) is 0 Å². The number of nitrogens with one attached hydrogen (secondary N) is 2. The highest BCUT2D eigenvalue weighted by Gasteiger charge is 1.95. The molecule has 0 aliphatic heterocycles. The minimum atomic E-state index is 0.894. The predicted molar refractivity (Wildman–Crippen MR) is 59.8 cm³/mol. The predicted octanol–water partition coefficient (Wildman–Crippen LogP) is 1.77. The van der Waals surface area contributed by atoms with Crippen molar-refractivity contribution in [2.75, 3.05) is 11.9 Å². The summed E-state index contributed by atoms with van der Waals surface area (Å²) < 4.78 is 0. The van der Waals surface area contributed by atoms with Crippen LogP contribution in [-0.2, 0) is 6.42 Å². The van der Waals surface area contributed by atoms with Crippen molar-refractivity contribution < 1.29 is 0 Å². The first-order valence-corrected chi connectivity index (χ1v) is 4.98. The Balaban J connectivity index is 1.83. The minimum absolute atomic E-state index is 0.894. The summed E-state index contributed by atoms with van der Waals surface area (Å²) in [5.74, 6) is 0. The highest BCUT2D eigenvalue weighted by Crippen LogP contribution is 2.06. The maximum atomic E-state index is 4.14. The molecular weight excluding hydrogens is 188 g/mol. The SMILES string of the molecule is Cc1cc(NCCc2cnc[nH]2)ccn1. The highest BCUT2D eigenvalue weighted by atomic mass is 14.9. The van der Waals surface area contributed by atoms with Crippen LogP contribution in [0.25, 0.3) is 0 Å². The zero-order chi connectivity index (χ0) is 10.5. The Kier molecular flexibility index (Phi) is 2.97. The van der Waals surface area contributed by atoms with E-state index in [1.165, 1.54) is 0 Å². The Morgan fingerprint density at radius 2 is 2.40 bits per heavy atom. The Hall–Kier alpha value is -1.84. The number of aromatic nitrogens is 3. The van der Waals surface area contributed by atoms with Crippen molar-refractivity contribution in [2.45, 2.75) is 13.3 Å². The van der Waals surface area contributed by atoms with E-state index in [4.69, 9.17) is 0 Å². The second kappa shape index (κ2) is 4.59. The Bertz CT molecular complexity index is 408. The van der Waals surface area contributed by atoms with Gasteiger partial charge in [0.1, 0.15) is 0 Å². The van der Waals surface area contributed by atoms with E-state index in [0.717, 1.165) is 30.0 Å². The first kappa shape index (κ1) is 9.71. The minimum Gasteiger partial charge on any atom is -0.385 e. The Labute approximate surface area is 88.8 Å².